The van der Waals surface area contributed by atoms with E-state index in [1.165, 1.54) is 25.7 Å². The van der Waals surface area contributed by atoms with Gasteiger partial charge in [0.25, 0.3) is 0 Å². The maximum Gasteiger partial charge on any atom is 2.00 e. The van der Waals surface area contributed by atoms with Gasteiger partial charge in [0.1, 0.15) is 0 Å². The Labute approximate surface area is 178 Å². The molecule has 0 aromatic heterocycles. The van der Waals surface area contributed by atoms with Gasteiger partial charge in [-0.15, -0.1) is 0 Å². The number of hydrogen-bond donors (Lipinski definition) is 0. The molecule has 0 aliphatic carbocycles. The SMILES string of the molecule is CC(C)(C)CCCCCCC(=O)[O-].CC(C)(C)CCCCCCC(=O)[O-].[Co+2]. The van der Waals surface area contributed by atoms with Crippen molar-refractivity contribution in [1.82, 2.24) is 0 Å². The molecule has 0 heterocycles. The van der Waals surface area contributed by atoms with Crippen LogP contribution in [0, 0.1) is 10.8 Å². The van der Waals surface area contributed by atoms with Crippen molar-refractivity contribution >= 4 is 11.9 Å². The van der Waals surface area contributed by atoms with Crippen molar-refractivity contribution in [1.29, 1.82) is 0 Å². The van der Waals surface area contributed by atoms with Crippen molar-refractivity contribution in [3.8, 4) is 0 Å². The van der Waals surface area contributed by atoms with Crippen LogP contribution in [0.15, 0.2) is 0 Å². The smallest absolute Gasteiger partial charge is 0.550 e. The third kappa shape index (κ3) is 37.0. The summed E-state index contributed by atoms with van der Waals surface area (Å²) in [5.74, 6) is -1.84. The number of carbonyl (C=O) groups is 2. The molecule has 0 aliphatic heterocycles. The van der Waals surface area contributed by atoms with E-state index in [2.05, 4.69) is 41.5 Å². The van der Waals surface area contributed by atoms with E-state index in [1.54, 1.807) is 0 Å². The van der Waals surface area contributed by atoms with E-state index >= 15 is 0 Å². The summed E-state index contributed by atoms with van der Waals surface area (Å²) in [5.41, 5.74) is 0.822. The molecular weight excluding hydrogens is 387 g/mol. The molecule has 4 nitrogen and oxygen atoms in total. The Morgan fingerprint density at radius 1 is 0.556 bits per heavy atom. The maximum atomic E-state index is 10.1. The van der Waals surface area contributed by atoms with Gasteiger partial charge < -0.3 is 19.8 Å². The molecule has 27 heavy (non-hydrogen) atoms. The average Bonchev–Trinajstić information content (AvgIpc) is 2.44. The number of rotatable bonds is 12. The summed E-state index contributed by atoms with van der Waals surface area (Å²) in [6, 6.07) is 0. The Hall–Kier alpha value is -0.554. The molecule has 0 amide bonds. The number of carboxylic acid groups (broad SMARTS) is 2. The monoisotopic (exact) mass is 429 g/mol. The fraction of sp³-hybridized carbons (Fsp3) is 0.909. The van der Waals surface area contributed by atoms with Crippen LogP contribution < -0.4 is 10.2 Å². The third-order valence-corrected chi connectivity index (χ3v) is 4.12. The Morgan fingerprint density at radius 2 is 0.815 bits per heavy atom. The van der Waals surface area contributed by atoms with Gasteiger partial charge in [0.05, 0.1) is 0 Å². The molecule has 0 N–H and O–H groups in total. The Balaban J connectivity index is -0.000000411. The summed E-state index contributed by atoms with van der Waals surface area (Å²) >= 11 is 0. The second kappa shape index (κ2) is 17.5. The van der Waals surface area contributed by atoms with E-state index < -0.39 is 11.9 Å². The average molecular weight is 430 g/mol. The van der Waals surface area contributed by atoms with Gasteiger partial charge in [-0.05, 0) is 49.4 Å². The zero-order valence-electron chi connectivity index (χ0n) is 18.5. The first-order chi connectivity index (χ1) is 11.8. The van der Waals surface area contributed by atoms with Gasteiger partial charge in [0.15, 0.2) is 0 Å². The molecular formula is C22H42CoO4. The van der Waals surface area contributed by atoms with Crippen LogP contribution in [0.5, 0.6) is 0 Å². The predicted molar refractivity (Wildman–Crippen MR) is 104 cm³/mol. The Morgan fingerprint density at radius 3 is 1.04 bits per heavy atom. The van der Waals surface area contributed by atoms with Crippen LogP contribution >= 0.6 is 0 Å². The molecule has 0 atom stereocenters. The van der Waals surface area contributed by atoms with Gasteiger partial charge in [0, 0.05) is 11.9 Å². The van der Waals surface area contributed by atoms with E-state index in [9.17, 15) is 19.8 Å². The van der Waals surface area contributed by atoms with Gasteiger partial charge in [-0.25, -0.2) is 0 Å². The number of carbonyl (C=O) groups excluding carboxylic acids is 2. The van der Waals surface area contributed by atoms with E-state index in [0.717, 1.165) is 38.5 Å². The molecule has 1 radical (unpaired) electrons. The van der Waals surface area contributed by atoms with Crippen LogP contribution in [0.1, 0.15) is 119 Å². The van der Waals surface area contributed by atoms with Gasteiger partial charge in [-0.1, -0.05) is 80.1 Å². The first-order valence-electron chi connectivity index (χ1n) is 10.2. The number of carboxylic acids is 2. The zero-order valence-corrected chi connectivity index (χ0v) is 19.5. The number of hydrogen-bond acceptors (Lipinski definition) is 4. The Bertz CT molecular complexity index is 331. The normalized spacial score (nSPS) is 11.2. The van der Waals surface area contributed by atoms with E-state index in [4.69, 9.17) is 0 Å². The second-order valence-electron chi connectivity index (χ2n) is 9.69. The fourth-order valence-electron chi connectivity index (χ4n) is 2.56. The quantitative estimate of drug-likeness (QED) is 0.435. The van der Waals surface area contributed by atoms with Gasteiger partial charge in [-0.2, -0.15) is 0 Å². The minimum Gasteiger partial charge on any atom is -0.550 e. The number of aliphatic carboxylic acids is 2. The minimum atomic E-state index is -0.921. The van der Waals surface area contributed by atoms with Crippen molar-refractivity contribution in [2.45, 2.75) is 119 Å². The van der Waals surface area contributed by atoms with Crippen molar-refractivity contribution in [3.05, 3.63) is 0 Å². The van der Waals surface area contributed by atoms with Crippen LogP contribution in [-0.2, 0) is 26.4 Å². The van der Waals surface area contributed by atoms with Crippen molar-refractivity contribution in [2.24, 2.45) is 10.8 Å². The molecule has 0 fully saturated rings. The molecule has 0 aromatic carbocycles. The van der Waals surface area contributed by atoms with Crippen LogP contribution in [0.3, 0.4) is 0 Å². The maximum absolute atomic E-state index is 10.1. The summed E-state index contributed by atoms with van der Waals surface area (Å²) in [4.78, 5) is 20.2. The van der Waals surface area contributed by atoms with Crippen molar-refractivity contribution in [2.75, 3.05) is 0 Å². The molecule has 0 saturated carbocycles. The Kier molecular flexibility index (Phi) is 20.2. The molecule has 5 heteroatoms. The van der Waals surface area contributed by atoms with Crippen molar-refractivity contribution < 1.29 is 36.6 Å². The molecule has 163 valence electrons. The first kappa shape index (κ1) is 31.2. The number of unbranched alkanes of at least 4 members (excludes halogenated alkanes) is 6. The molecule has 0 aromatic rings. The van der Waals surface area contributed by atoms with Crippen LogP contribution in [-0.4, -0.2) is 11.9 Å². The topological polar surface area (TPSA) is 80.3 Å². The van der Waals surface area contributed by atoms with E-state index in [-0.39, 0.29) is 29.6 Å². The summed E-state index contributed by atoms with van der Waals surface area (Å²) in [5, 5.41) is 20.2. The van der Waals surface area contributed by atoms with Crippen molar-refractivity contribution in [3.63, 3.8) is 0 Å². The van der Waals surface area contributed by atoms with Gasteiger partial charge in [0.2, 0.25) is 0 Å². The second-order valence-corrected chi connectivity index (χ2v) is 9.69. The zero-order chi connectivity index (χ0) is 20.6. The first-order valence-corrected chi connectivity index (χ1v) is 10.2. The molecule has 0 saturated heterocycles. The van der Waals surface area contributed by atoms with Gasteiger partial charge >= 0.3 is 16.8 Å². The largest absolute Gasteiger partial charge is 2.00 e. The fourth-order valence-corrected chi connectivity index (χ4v) is 2.56. The molecule has 0 aliphatic rings. The summed E-state index contributed by atoms with van der Waals surface area (Å²) in [6.07, 6.45) is 11.1. The molecule has 0 unspecified atom stereocenters. The minimum absolute atomic E-state index is 0. The summed E-state index contributed by atoms with van der Waals surface area (Å²) < 4.78 is 0. The molecule has 0 spiro atoms. The van der Waals surface area contributed by atoms with Crippen LogP contribution in [0.4, 0.5) is 0 Å². The van der Waals surface area contributed by atoms with E-state index in [0.29, 0.717) is 10.8 Å². The predicted octanol–water partition coefficient (Wildman–Crippen LogP) is 4.24. The van der Waals surface area contributed by atoms with E-state index in [1.807, 2.05) is 0 Å². The molecule has 0 bridgehead atoms. The standard InChI is InChI=1S/2C11H22O2.Co/c2*1-11(2,3)9-7-5-4-6-8-10(12)13;/h2*4-9H2,1-3H3,(H,12,13);/q;;+2/p-2. The summed E-state index contributed by atoms with van der Waals surface area (Å²) in [6.45, 7) is 13.4. The molecule has 0 rings (SSSR count). The van der Waals surface area contributed by atoms with Crippen LogP contribution in [0.25, 0.3) is 0 Å². The van der Waals surface area contributed by atoms with Crippen LogP contribution in [0.2, 0.25) is 0 Å². The summed E-state index contributed by atoms with van der Waals surface area (Å²) in [7, 11) is 0. The third-order valence-electron chi connectivity index (χ3n) is 4.12. The van der Waals surface area contributed by atoms with Gasteiger partial charge in [-0.3, -0.25) is 0 Å².